The molecule has 0 fully saturated rings. The number of carbonyl (C=O) groups excluding carboxylic acids is 1. The van der Waals surface area contributed by atoms with Crippen molar-refractivity contribution in [2.75, 3.05) is 0 Å². The van der Waals surface area contributed by atoms with E-state index in [9.17, 15) is 9.18 Å². The van der Waals surface area contributed by atoms with Crippen molar-refractivity contribution in [3.8, 4) is 18.1 Å². The van der Waals surface area contributed by atoms with Gasteiger partial charge in [0, 0.05) is 5.39 Å². The molecule has 0 aromatic heterocycles. The summed E-state index contributed by atoms with van der Waals surface area (Å²) in [7, 11) is 0. The van der Waals surface area contributed by atoms with E-state index < -0.39 is 12.0 Å². The Morgan fingerprint density at radius 3 is 2.38 bits per heavy atom. The molecule has 1 atom stereocenters. The summed E-state index contributed by atoms with van der Waals surface area (Å²) in [6.45, 7) is 11.7. The van der Waals surface area contributed by atoms with Gasteiger partial charge in [0.05, 0.1) is 5.56 Å². The number of halogens is 1. The highest BCUT2D eigenvalue weighted by Gasteiger charge is 2.23. The van der Waals surface area contributed by atoms with Gasteiger partial charge in [0.1, 0.15) is 17.7 Å². The fraction of sp³-hybridized carbons (Fsp3) is 0.409. The van der Waals surface area contributed by atoms with E-state index in [2.05, 4.69) is 5.92 Å². The van der Waals surface area contributed by atoms with Gasteiger partial charge in [-0.05, 0) is 47.4 Å². The molecule has 0 bridgehead atoms. The van der Waals surface area contributed by atoms with Crippen molar-refractivity contribution in [3.63, 3.8) is 0 Å². The lowest BCUT2D eigenvalue weighted by Crippen LogP contribution is -2.22. The highest BCUT2D eigenvalue weighted by Crippen LogP contribution is 2.36. The average Bonchev–Trinajstić information content (AvgIpc) is 2.53. The van der Waals surface area contributed by atoms with Crippen molar-refractivity contribution in [3.05, 3.63) is 41.2 Å². The summed E-state index contributed by atoms with van der Waals surface area (Å²) in [6, 6.07) is 6.36. The molecule has 0 heterocycles. The molecule has 2 aromatic carbocycles. The Hall–Kier alpha value is -2.54. The molecule has 26 heavy (non-hydrogen) atoms. The largest absolute Gasteiger partial charge is 0.514 e. The molecule has 0 saturated carbocycles. The smallest absolute Gasteiger partial charge is 0.431 e. The van der Waals surface area contributed by atoms with Crippen LogP contribution in [-0.2, 0) is 10.2 Å². The normalized spacial score (nSPS) is 12.7. The van der Waals surface area contributed by atoms with E-state index in [4.69, 9.17) is 15.9 Å². The van der Waals surface area contributed by atoms with E-state index in [0.29, 0.717) is 16.5 Å². The molecule has 0 spiro atoms. The second kappa shape index (κ2) is 7.37. The molecule has 0 aliphatic rings. The molecular weight excluding hydrogens is 331 g/mol. The first-order valence-corrected chi connectivity index (χ1v) is 8.66. The van der Waals surface area contributed by atoms with Gasteiger partial charge in [-0.1, -0.05) is 46.6 Å². The van der Waals surface area contributed by atoms with E-state index in [1.165, 1.54) is 6.07 Å². The fourth-order valence-corrected chi connectivity index (χ4v) is 2.61. The maximum Gasteiger partial charge on any atom is 0.514 e. The second-order valence-corrected chi connectivity index (χ2v) is 7.80. The van der Waals surface area contributed by atoms with Crippen LogP contribution >= 0.6 is 0 Å². The Morgan fingerprint density at radius 1 is 1.19 bits per heavy atom. The van der Waals surface area contributed by atoms with Crippen molar-refractivity contribution in [2.45, 2.75) is 53.1 Å². The van der Waals surface area contributed by atoms with Gasteiger partial charge in [0.15, 0.2) is 0 Å². The molecule has 138 valence electrons. The zero-order chi connectivity index (χ0) is 19.6. The topological polar surface area (TPSA) is 35.5 Å². The summed E-state index contributed by atoms with van der Waals surface area (Å²) in [5, 5.41) is 1.38. The minimum Gasteiger partial charge on any atom is -0.431 e. The first kappa shape index (κ1) is 19.8. The van der Waals surface area contributed by atoms with Crippen molar-refractivity contribution in [2.24, 2.45) is 5.92 Å². The number of benzene rings is 2. The monoisotopic (exact) mass is 356 g/mol. The third kappa shape index (κ3) is 4.16. The maximum atomic E-state index is 14.2. The van der Waals surface area contributed by atoms with Crippen LogP contribution in [0.4, 0.5) is 9.18 Å². The predicted octanol–water partition coefficient (Wildman–Crippen LogP) is 5.82. The Kier molecular flexibility index (Phi) is 5.61. The lowest BCUT2D eigenvalue weighted by molar-refractivity contribution is 0.0466. The molecule has 2 rings (SSSR count). The first-order chi connectivity index (χ1) is 12.0. The predicted molar refractivity (Wildman–Crippen MR) is 102 cm³/mol. The zero-order valence-electron chi connectivity index (χ0n) is 16.1. The third-order valence-electron chi connectivity index (χ3n) is 4.41. The number of carbonyl (C=O) groups is 1. The maximum absolute atomic E-state index is 14.2. The van der Waals surface area contributed by atoms with Gasteiger partial charge in [-0.2, -0.15) is 0 Å². The van der Waals surface area contributed by atoms with Crippen LogP contribution in [0.1, 0.15) is 52.7 Å². The number of ether oxygens (including phenoxy) is 2. The molecular formula is C22H25FO3. The number of hydrogen-bond donors (Lipinski definition) is 0. The van der Waals surface area contributed by atoms with Crippen LogP contribution in [0.15, 0.2) is 24.3 Å². The molecule has 1 unspecified atom stereocenters. The first-order valence-electron chi connectivity index (χ1n) is 8.66. The Balaban J connectivity index is 2.53. The summed E-state index contributed by atoms with van der Waals surface area (Å²) in [5.74, 6) is 2.53. The third-order valence-corrected chi connectivity index (χ3v) is 4.41. The molecule has 4 heteroatoms. The molecule has 0 N–H and O–H groups in total. The van der Waals surface area contributed by atoms with Gasteiger partial charge in [0.25, 0.3) is 0 Å². The van der Waals surface area contributed by atoms with Crippen LogP contribution in [0, 0.1) is 24.1 Å². The van der Waals surface area contributed by atoms with Crippen LogP contribution in [0.5, 0.6) is 5.75 Å². The van der Waals surface area contributed by atoms with E-state index in [1.807, 2.05) is 41.5 Å². The summed E-state index contributed by atoms with van der Waals surface area (Å²) < 4.78 is 24.8. The number of hydrogen-bond acceptors (Lipinski definition) is 3. The zero-order valence-corrected chi connectivity index (χ0v) is 16.1. The van der Waals surface area contributed by atoms with Gasteiger partial charge in [-0.3, -0.25) is 0 Å². The summed E-state index contributed by atoms with van der Waals surface area (Å²) in [5.41, 5.74) is 0.698. The Labute approximate surface area is 154 Å². The van der Waals surface area contributed by atoms with Gasteiger partial charge in [-0.15, -0.1) is 6.42 Å². The highest BCUT2D eigenvalue weighted by molar-refractivity contribution is 5.93. The van der Waals surface area contributed by atoms with Crippen molar-refractivity contribution in [1.82, 2.24) is 0 Å². The van der Waals surface area contributed by atoms with Crippen LogP contribution < -0.4 is 4.74 Å². The molecule has 0 aliphatic heterocycles. The van der Waals surface area contributed by atoms with E-state index in [-0.39, 0.29) is 23.0 Å². The van der Waals surface area contributed by atoms with Crippen molar-refractivity contribution < 1.29 is 18.7 Å². The highest BCUT2D eigenvalue weighted by atomic mass is 19.1. The summed E-state index contributed by atoms with van der Waals surface area (Å²) >= 11 is 0. The molecule has 2 aromatic rings. The van der Waals surface area contributed by atoms with Crippen LogP contribution in [0.3, 0.4) is 0 Å². The van der Waals surface area contributed by atoms with E-state index >= 15 is 0 Å². The van der Waals surface area contributed by atoms with E-state index in [1.54, 1.807) is 18.2 Å². The summed E-state index contributed by atoms with van der Waals surface area (Å²) in [4.78, 5) is 12.1. The lowest BCUT2D eigenvalue weighted by Gasteiger charge is -2.23. The fourth-order valence-electron chi connectivity index (χ4n) is 2.61. The van der Waals surface area contributed by atoms with Gasteiger partial charge in [0.2, 0.25) is 0 Å². The second-order valence-electron chi connectivity index (χ2n) is 7.80. The van der Waals surface area contributed by atoms with E-state index in [0.717, 1.165) is 5.56 Å². The molecule has 0 saturated heterocycles. The summed E-state index contributed by atoms with van der Waals surface area (Å²) in [6.07, 6.45) is 4.52. The molecule has 0 radical (unpaired) electrons. The minimum atomic E-state index is -0.760. The number of rotatable bonds is 3. The average molecular weight is 356 g/mol. The molecule has 0 aliphatic carbocycles. The molecule has 3 nitrogen and oxygen atoms in total. The number of fused-ring (bicyclic) bond motifs is 1. The minimum absolute atomic E-state index is 0.186. The van der Waals surface area contributed by atoms with Crippen LogP contribution in [0.2, 0.25) is 0 Å². The standard InChI is InChI=1S/C22H25FO3/c1-8-17-19(23)10-9-15-11-16(12-18(20(15)17)22(5,6)7)26-21(24)25-14(4)13(2)3/h1,9-14H,2-7H3. The lowest BCUT2D eigenvalue weighted by atomic mass is 9.82. The van der Waals surface area contributed by atoms with Crippen LogP contribution in [0.25, 0.3) is 10.8 Å². The van der Waals surface area contributed by atoms with Gasteiger partial charge in [-0.25, -0.2) is 9.18 Å². The number of terminal acetylenes is 1. The Bertz CT molecular complexity index is 870. The van der Waals surface area contributed by atoms with Crippen molar-refractivity contribution in [1.29, 1.82) is 0 Å². The van der Waals surface area contributed by atoms with Crippen molar-refractivity contribution >= 4 is 16.9 Å². The van der Waals surface area contributed by atoms with Crippen LogP contribution in [-0.4, -0.2) is 12.3 Å². The Morgan fingerprint density at radius 2 is 1.85 bits per heavy atom. The van der Waals surface area contributed by atoms with Gasteiger partial charge >= 0.3 is 6.16 Å². The quantitative estimate of drug-likeness (QED) is 0.395. The SMILES string of the molecule is C#Cc1c(F)ccc2cc(OC(=O)OC(C)C(C)C)cc(C(C)(C)C)c12. The van der Waals surface area contributed by atoms with Gasteiger partial charge < -0.3 is 9.47 Å². The molecule has 0 amide bonds.